The van der Waals surface area contributed by atoms with Crippen molar-refractivity contribution < 1.29 is 0 Å². The zero-order valence-corrected chi connectivity index (χ0v) is 15.5. The molecule has 5 nitrogen and oxygen atoms in total. The Kier molecular flexibility index (Phi) is 4.68. The summed E-state index contributed by atoms with van der Waals surface area (Å²) in [4.78, 5) is 4.71. The van der Waals surface area contributed by atoms with E-state index < -0.39 is 5.54 Å². The average molecular weight is 354 g/mol. The lowest BCUT2D eigenvalue weighted by Crippen LogP contribution is -2.22. The van der Waals surface area contributed by atoms with Crippen LogP contribution in [0.3, 0.4) is 0 Å². The molecule has 0 unspecified atom stereocenters. The predicted octanol–water partition coefficient (Wildman–Crippen LogP) is 4.29. The van der Waals surface area contributed by atoms with Crippen LogP contribution in [0.5, 0.6) is 0 Å². The van der Waals surface area contributed by atoms with Gasteiger partial charge in [0.15, 0.2) is 5.82 Å². The molecule has 0 saturated heterocycles. The summed E-state index contributed by atoms with van der Waals surface area (Å²) >= 11 is 5.93. The quantitative estimate of drug-likeness (QED) is 0.657. The van der Waals surface area contributed by atoms with Crippen molar-refractivity contribution in [1.29, 1.82) is 0 Å². The zero-order chi connectivity index (χ0) is 18.0. The Morgan fingerprint density at radius 1 is 1.04 bits per heavy atom. The van der Waals surface area contributed by atoms with Crippen LogP contribution in [0.15, 0.2) is 47.5 Å². The van der Waals surface area contributed by atoms with Crippen LogP contribution in [0, 0.1) is 13.8 Å². The lowest BCUT2D eigenvalue weighted by Gasteiger charge is -2.20. The number of aryl methyl sites for hydroxylation is 2. The second-order valence-corrected chi connectivity index (χ2v) is 6.96. The fraction of sp³-hybridized carbons (Fsp3) is 0.263. The minimum absolute atomic E-state index is 0.585. The molecule has 0 atom stereocenters. The van der Waals surface area contributed by atoms with Crippen molar-refractivity contribution in [3.63, 3.8) is 0 Å². The number of hydrogen-bond acceptors (Lipinski definition) is 4. The molecular formula is C19H20ClN5. The van der Waals surface area contributed by atoms with E-state index in [1.165, 1.54) is 0 Å². The van der Waals surface area contributed by atoms with Gasteiger partial charge in [-0.2, -0.15) is 4.68 Å². The Labute approximate surface area is 152 Å². The summed E-state index contributed by atoms with van der Waals surface area (Å²) in [5, 5.41) is 13.0. The Balaban J connectivity index is 1.99. The summed E-state index contributed by atoms with van der Waals surface area (Å²) in [5.74, 6) is 0.690. The molecule has 0 bridgehead atoms. The van der Waals surface area contributed by atoms with Crippen LogP contribution in [-0.4, -0.2) is 26.4 Å². The number of rotatable bonds is 4. The van der Waals surface area contributed by atoms with Crippen LogP contribution in [0.4, 0.5) is 0 Å². The minimum Gasteiger partial charge on any atom is -0.278 e. The van der Waals surface area contributed by atoms with Gasteiger partial charge in [-0.15, -0.1) is 5.10 Å². The number of hydrogen-bond donors (Lipinski definition) is 0. The zero-order valence-electron chi connectivity index (χ0n) is 14.7. The number of halogens is 1. The molecule has 0 spiro atoms. The highest BCUT2D eigenvalue weighted by molar-refractivity contribution is 6.30. The smallest absolute Gasteiger partial charge is 0.183 e. The van der Waals surface area contributed by atoms with Crippen LogP contribution in [0.2, 0.25) is 5.02 Å². The normalized spacial score (nSPS) is 12.0. The number of tetrazole rings is 1. The second-order valence-electron chi connectivity index (χ2n) is 6.52. The Bertz CT molecular complexity index is 890. The van der Waals surface area contributed by atoms with E-state index in [9.17, 15) is 0 Å². The van der Waals surface area contributed by atoms with Gasteiger partial charge in [0.05, 0.1) is 5.69 Å². The maximum Gasteiger partial charge on any atom is 0.183 e. The number of para-hydroxylation sites is 1. The molecule has 2 aromatic carbocycles. The monoisotopic (exact) mass is 353 g/mol. The van der Waals surface area contributed by atoms with Crippen LogP contribution in [0.1, 0.15) is 36.4 Å². The number of benzene rings is 2. The molecule has 0 aliphatic rings. The van der Waals surface area contributed by atoms with Gasteiger partial charge in [0, 0.05) is 11.2 Å². The number of aliphatic imine (C=N–C) groups is 1. The van der Waals surface area contributed by atoms with Crippen molar-refractivity contribution in [2.45, 2.75) is 33.2 Å². The van der Waals surface area contributed by atoms with Crippen molar-refractivity contribution in [3.8, 4) is 5.69 Å². The summed E-state index contributed by atoms with van der Waals surface area (Å²) < 4.78 is 1.78. The van der Waals surface area contributed by atoms with Crippen LogP contribution >= 0.6 is 11.6 Å². The summed E-state index contributed by atoms with van der Waals surface area (Å²) in [6.45, 7) is 8.10. The maximum absolute atomic E-state index is 5.93. The molecule has 0 fully saturated rings. The second kappa shape index (κ2) is 6.76. The van der Waals surface area contributed by atoms with Gasteiger partial charge in [0.1, 0.15) is 5.54 Å². The molecule has 25 heavy (non-hydrogen) atoms. The lowest BCUT2D eigenvalue weighted by atomic mass is 10.0. The molecule has 128 valence electrons. The third kappa shape index (κ3) is 3.61. The van der Waals surface area contributed by atoms with E-state index in [1.54, 1.807) is 4.68 Å². The van der Waals surface area contributed by atoms with Crippen molar-refractivity contribution in [3.05, 3.63) is 70.0 Å². The van der Waals surface area contributed by atoms with Crippen molar-refractivity contribution >= 4 is 17.8 Å². The molecule has 3 rings (SSSR count). The summed E-state index contributed by atoms with van der Waals surface area (Å²) in [7, 11) is 0. The molecule has 0 radical (unpaired) electrons. The van der Waals surface area contributed by atoms with Crippen LogP contribution < -0.4 is 0 Å². The summed E-state index contributed by atoms with van der Waals surface area (Å²) in [6, 6.07) is 13.7. The highest BCUT2D eigenvalue weighted by Crippen LogP contribution is 2.27. The van der Waals surface area contributed by atoms with E-state index in [2.05, 4.69) is 41.5 Å². The molecule has 0 N–H and O–H groups in total. The van der Waals surface area contributed by atoms with Gasteiger partial charge in [0.2, 0.25) is 0 Å². The average Bonchev–Trinajstić information content (AvgIpc) is 3.04. The van der Waals surface area contributed by atoms with E-state index >= 15 is 0 Å². The first-order valence-electron chi connectivity index (χ1n) is 8.05. The van der Waals surface area contributed by atoms with Gasteiger partial charge in [0.25, 0.3) is 0 Å². The first-order valence-corrected chi connectivity index (χ1v) is 8.42. The van der Waals surface area contributed by atoms with Crippen molar-refractivity contribution in [1.82, 2.24) is 20.2 Å². The molecule has 1 aromatic heterocycles. The Morgan fingerprint density at radius 2 is 1.68 bits per heavy atom. The van der Waals surface area contributed by atoms with E-state index in [1.807, 2.05) is 50.4 Å². The van der Waals surface area contributed by atoms with Gasteiger partial charge >= 0.3 is 0 Å². The summed E-state index contributed by atoms with van der Waals surface area (Å²) in [6.07, 6.45) is 1.82. The van der Waals surface area contributed by atoms with E-state index in [4.69, 9.17) is 16.6 Å². The van der Waals surface area contributed by atoms with E-state index in [0.717, 1.165) is 22.4 Å². The fourth-order valence-corrected chi connectivity index (χ4v) is 2.83. The largest absolute Gasteiger partial charge is 0.278 e. The lowest BCUT2D eigenvalue weighted by molar-refractivity contribution is 0.502. The van der Waals surface area contributed by atoms with Crippen LogP contribution in [0.25, 0.3) is 5.69 Å². The van der Waals surface area contributed by atoms with E-state index in [-0.39, 0.29) is 0 Å². The standard InChI is InChI=1S/C19H20ClN5/c1-13-6-5-7-14(2)17(13)25-18(22-23-24-25)19(3,4)21-12-15-8-10-16(20)11-9-15/h5-12H,1-4H3. The Morgan fingerprint density at radius 3 is 2.32 bits per heavy atom. The first kappa shape index (κ1) is 17.3. The molecule has 0 aliphatic carbocycles. The first-order chi connectivity index (χ1) is 11.9. The Hall–Kier alpha value is -2.53. The topological polar surface area (TPSA) is 56.0 Å². The van der Waals surface area contributed by atoms with Crippen molar-refractivity contribution in [2.24, 2.45) is 4.99 Å². The van der Waals surface area contributed by atoms with Gasteiger partial charge in [-0.05, 0) is 66.9 Å². The number of nitrogens with zero attached hydrogens (tertiary/aromatic N) is 5. The number of aromatic nitrogens is 4. The highest BCUT2D eigenvalue weighted by atomic mass is 35.5. The molecule has 3 aromatic rings. The van der Waals surface area contributed by atoms with Gasteiger partial charge in [-0.1, -0.05) is 41.9 Å². The molecular weight excluding hydrogens is 334 g/mol. The molecule has 6 heteroatoms. The molecule has 1 heterocycles. The minimum atomic E-state index is -0.585. The maximum atomic E-state index is 5.93. The van der Waals surface area contributed by atoms with Crippen molar-refractivity contribution in [2.75, 3.05) is 0 Å². The third-order valence-electron chi connectivity index (χ3n) is 4.07. The van der Waals surface area contributed by atoms with Gasteiger partial charge < -0.3 is 0 Å². The van der Waals surface area contributed by atoms with Crippen LogP contribution in [-0.2, 0) is 5.54 Å². The molecule has 0 amide bonds. The molecule has 0 aliphatic heterocycles. The SMILES string of the molecule is Cc1cccc(C)c1-n1nnnc1C(C)(C)N=Cc1ccc(Cl)cc1. The molecule has 0 saturated carbocycles. The van der Waals surface area contributed by atoms with E-state index in [0.29, 0.717) is 10.8 Å². The third-order valence-corrected chi connectivity index (χ3v) is 4.33. The van der Waals surface area contributed by atoms with Gasteiger partial charge in [-0.25, -0.2) is 0 Å². The van der Waals surface area contributed by atoms with Gasteiger partial charge in [-0.3, -0.25) is 4.99 Å². The summed E-state index contributed by atoms with van der Waals surface area (Å²) in [5.41, 5.74) is 3.62. The predicted molar refractivity (Wildman–Crippen MR) is 101 cm³/mol. The fourth-order valence-electron chi connectivity index (χ4n) is 2.70. The highest BCUT2D eigenvalue weighted by Gasteiger charge is 2.28.